The second kappa shape index (κ2) is 7.64. The number of nitrogens with zero attached hydrogens (tertiary/aromatic N) is 3. The summed E-state index contributed by atoms with van der Waals surface area (Å²) in [7, 11) is 1.77. The molecule has 0 bridgehead atoms. The maximum Gasteiger partial charge on any atom is 0.278 e. The molecule has 0 unspecified atom stereocenters. The number of non-ortho nitro benzene ring substituents is 1. The Bertz CT molecular complexity index is 949. The Kier molecular flexibility index (Phi) is 5.26. The first-order chi connectivity index (χ1) is 13.3. The summed E-state index contributed by atoms with van der Waals surface area (Å²) in [6.07, 6.45) is 0. The normalized spacial score (nSPS) is 14.2. The van der Waals surface area contributed by atoms with E-state index in [1.54, 1.807) is 25.8 Å². The summed E-state index contributed by atoms with van der Waals surface area (Å²) in [5.74, 6) is -0.740. The fraction of sp³-hybridized carbons (Fsp3) is 0.238. The van der Waals surface area contributed by atoms with Gasteiger partial charge in [0.05, 0.1) is 10.5 Å². The van der Waals surface area contributed by atoms with Crippen molar-refractivity contribution in [2.75, 3.05) is 7.05 Å². The number of rotatable bonds is 6. The van der Waals surface area contributed by atoms with Gasteiger partial charge >= 0.3 is 0 Å². The third-order valence-corrected chi connectivity index (χ3v) is 4.62. The molecule has 0 atom stereocenters. The summed E-state index contributed by atoms with van der Waals surface area (Å²) in [5, 5.41) is 10.9. The number of hydrogen-bond acceptors (Lipinski definition) is 5. The van der Waals surface area contributed by atoms with Gasteiger partial charge < -0.3 is 4.90 Å². The summed E-state index contributed by atoms with van der Waals surface area (Å²) < 4.78 is 0. The zero-order valence-corrected chi connectivity index (χ0v) is 16.0. The number of carbonyl (C=O) groups is 2. The van der Waals surface area contributed by atoms with Gasteiger partial charge in [0.1, 0.15) is 5.70 Å². The second-order valence-corrected chi connectivity index (χ2v) is 6.94. The van der Waals surface area contributed by atoms with Crippen molar-refractivity contribution in [3.63, 3.8) is 0 Å². The Labute approximate surface area is 163 Å². The summed E-state index contributed by atoms with van der Waals surface area (Å²) >= 11 is 0. The lowest BCUT2D eigenvalue weighted by Gasteiger charge is -2.23. The molecule has 1 heterocycles. The molecule has 1 aliphatic heterocycles. The summed E-state index contributed by atoms with van der Waals surface area (Å²) in [5.41, 5.74) is 2.00. The summed E-state index contributed by atoms with van der Waals surface area (Å²) in [6.45, 7) is 4.02. The molecule has 0 fully saturated rings. The molecule has 7 nitrogen and oxygen atoms in total. The molecule has 1 aliphatic rings. The average Bonchev–Trinajstić information content (AvgIpc) is 2.93. The minimum atomic E-state index is -0.497. The van der Waals surface area contributed by atoms with Crippen LogP contribution in [0.5, 0.6) is 0 Å². The lowest BCUT2D eigenvalue weighted by atomic mass is 10.0. The standard InChI is InChI=1S/C21H21N3O4/c1-14(2)23-20(25)18(16-9-11-17(12-10-16)24(27)28)19(21(23)26)22(3)13-15-7-5-4-6-8-15/h4-12,14H,13H2,1-3H3. The maximum atomic E-state index is 13.0. The second-order valence-electron chi connectivity index (χ2n) is 6.94. The third kappa shape index (κ3) is 3.51. The van der Waals surface area contributed by atoms with E-state index in [0.29, 0.717) is 17.8 Å². The van der Waals surface area contributed by atoms with Gasteiger partial charge in [-0.15, -0.1) is 0 Å². The molecule has 0 aromatic heterocycles. The number of hydrogen-bond donors (Lipinski definition) is 0. The van der Waals surface area contributed by atoms with Gasteiger partial charge in [-0.05, 0) is 37.1 Å². The van der Waals surface area contributed by atoms with Crippen LogP contribution in [0.15, 0.2) is 60.3 Å². The molecular formula is C21H21N3O4. The summed E-state index contributed by atoms with van der Waals surface area (Å²) in [6, 6.07) is 15.0. The molecule has 2 amide bonds. The highest BCUT2D eigenvalue weighted by Crippen LogP contribution is 2.33. The maximum absolute atomic E-state index is 13.0. The smallest absolute Gasteiger partial charge is 0.278 e. The van der Waals surface area contributed by atoms with E-state index in [-0.39, 0.29) is 29.1 Å². The predicted octanol–water partition coefficient (Wildman–Crippen LogP) is 3.22. The van der Waals surface area contributed by atoms with Gasteiger partial charge in [-0.25, -0.2) is 0 Å². The van der Waals surface area contributed by atoms with Gasteiger partial charge in [0.2, 0.25) is 0 Å². The number of benzene rings is 2. The van der Waals surface area contributed by atoms with E-state index >= 15 is 0 Å². The molecule has 0 saturated carbocycles. The molecule has 7 heteroatoms. The third-order valence-electron chi connectivity index (χ3n) is 4.62. The molecule has 2 aromatic rings. The van der Waals surface area contributed by atoms with Crippen molar-refractivity contribution in [3.8, 4) is 0 Å². The first-order valence-electron chi connectivity index (χ1n) is 8.93. The zero-order chi connectivity index (χ0) is 20.4. The molecule has 2 aromatic carbocycles. The minimum absolute atomic E-state index is 0.0685. The Hall–Kier alpha value is -3.48. The van der Waals surface area contributed by atoms with E-state index in [9.17, 15) is 19.7 Å². The fourth-order valence-electron chi connectivity index (χ4n) is 3.30. The van der Waals surface area contributed by atoms with Crippen molar-refractivity contribution in [2.45, 2.75) is 26.4 Å². The van der Waals surface area contributed by atoms with E-state index in [1.165, 1.54) is 29.2 Å². The van der Waals surface area contributed by atoms with Crippen molar-refractivity contribution in [1.29, 1.82) is 0 Å². The fourth-order valence-corrected chi connectivity index (χ4v) is 3.30. The van der Waals surface area contributed by atoms with E-state index in [4.69, 9.17) is 0 Å². The van der Waals surface area contributed by atoms with Gasteiger partial charge in [0.15, 0.2) is 0 Å². The molecule has 0 saturated heterocycles. The van der Waals surface area contributed by atoms with Crippen LogP contribution in [-0.2, 0) is 16.1 Å². The molecule has 0 radical (unpaired) electrons. The van der Waals surface area contributed by atoms with Crippen LogP contribution in [0.3, 0.4) is 0 Å². The summed E-state index contributed by atoms with van der Waals surface area (Å²) in [4.78, 5) is 39.5. The first kappa shape index (κ1) is 19.3. The highest BCUT2D eigenvalue weighted by Gasteiger charge is 2.42. The Morgan fingerprint density at radius 2 is 1.61 bits per heavy atom. The minimum Gasteiger partial charge on any atom is -0.365 e. The van der Waals surface area contributed by atoms with Crippen molar-refractivity contribution < 1.29 is 14.5 Å². The highest BCUT2D eigenvalue weighted by molar-refractivity contribution is 6.35. The molecular weight excluding hydrogens is 358 g/mol. The van der Waals surface area contributed by atoms with Crippen LogP contribution in [0.4, 0.5) is 5.69 Å². The molecule has 0 N–H and O–H groups in total. The van der Waals surface area contributed by atoms with Crippen molar-refractivity contribution in [1.82, 2.24) is 9.80 Å². The number of carbonyl (C=O) groups excluding carboxylic acids is 2. The number of nitro benzene ring substituents is 1. The van der Waals surface area contributed by atoms with Crippen LogP contribution in [0.25, 0.3) is 5.57 Å². The molecule has 0 aliphatic carbocycles. The highest BCUT2D eigenvalue weighted by atomic mass is 16.6. The van der Waals surface area contributed by atoms with Crippen molar-refractivity contribution >= 4 is 23.1 Å². The van der Waals surface area contributed by atoms with Gasteiger partial charge in [-0.1, -0.05) is 30.3 Å². The SMILES string of the molecule is CC(C)N1C(=O)C(c2ccc([N+](=O)[O-])cc2)=C(N(C)Cc2ccccc2)C1=O. The number of amides is 2. The number of nitro groups is 1. The molecule has 28 heavy (non-hydrogen) atoms. The number of likely N-dealkylation sites (N-methyl/N-ethyl adjacent to an activating group) is 1. The Morgan fingerprint density at radius 1 is 1.00 bits per heavy atom. The Morgan fingerprint density at radius 3 is 2.14 bits per heavy atom. The van der Waals surface area contributed by atoms with Crippen molar-refractivity contribution in [3.05, 3.63) is 81.5 Å². The van der Waals surface area contributed by atoms with Crippen LogP contribution < -0.4 is 0 Å². The lowest BCUT2D eigenvalue weighted by molar-refractivity contribution is -0.384. The van der Waals surface area contributed by atoms with E-state index < -0.39 is 4.92 Å². The molecule has 144 valence electrons. The van der Waals surface area contributed by atoms with E-state index in [0.717, 1.165) is 5.56 Å². The Balaban J connectivity index is 2.06. The van der Waals surface area contributed by atoms with Gasteiger partial charge in [-0.3, -0.25) is 24.6 Å². The van der Waals surface area contributed by atoms with Crippen LogP contribution in [0, 0.1) is 10.1 Å². The predicted molar refractivity (Wildman–Crippen MR) is 105 cm³/mol. The van der Waals surface area contributed by atoms with Crippen LogP contribution >= 0.6 is 0 Å². The van der Waals surface area contributed by atoms with E-state index in [2.05, 4.69) is 0 Å². The van der Waals surface area contributed by atoms with Crippen LogP contribution in [0.2, 0.25) is 0 Å². The van der Waals surface area contributed by atoms with Crippen LogP contribution in [0.1, 0.15) is 25.0 Å². The van der Waals surface area contributed by atoms with Gasteiger partial charge in [-0.2, -0.15) is 0 Å². The lowest BCUT2D eigenvalue weighted by Crippen LogP contribution is -2.39. The van der Waals surface area contributed by atoms with E-state index in [1.807, 2.05) is 30.3 Å². The van der Waals surface area contributed by atoms with Gasteiger partial charge in [0.25, 0.3) is 17.5 Å². The van der Waals surface area contributed by atoms with Gasteiger partial charge in [0, 0.05) is 31.8 Å². The average molecular weight is 379 g/mol. The quantitative estimate of drug-likeness (QED) is 0.437. The zero-order valence-electron chi connectivity index (χ0n) is 16.0. The largest absolute Gasteiger partial charge is 0.365 e. The molecule has 0 spiro atoms. The number of imide groups is 1. The van der Waals surface area contributed by atoms with Crippen molar-refractivity contribution in [2.24, 2.45) is 0 Å². The topological polar surface area (TPSA) is 83.8 Å². The first-order valence-corrected chi connectivity index (χ1v) is 8.93. The molecule has 3 rings (SSSR count). The monoisotopic (exact) mass is 379 g/mol. The van der Waals surface area contributed by atoms with Crippen LogP contribution in [-0.4, -0.2) is 39.6 Å².